The van der Waals surface area contributed by atoms with Gasteiger partial charge < -0.3 is 9.84 Å². The molecule has 0 atom stereocenters. The van der Waals surface area contributed by atoms with Gasteiger partial charge in [0.1, 0.15) is 11.6 Å². The molecule has 0 heterocycles. The van der Waals surface area contributed by atoms with Crippen LogP contribution in [0.4, 0.5) is 0 Å². The van der Waals surface area contributed by atoms with Crippen LogP contribution in [0.2, 0.25) is 0 Å². The lowest BCUT2D eigenvalue weighted by molar-refractivity contribution is 0.104. The third-order valence-electron chi connectivity index (χ3n) is 3.00. The highest BCUT2D eigenvalue weighted by Gasteiger charge is 2.13. The molecule has 0 unspecified atom stereocenters. The molecule has 0 amide bonds. The number of Topliss-reactive ketones (excluding diaryl/α,β-unsaturated/α-hetero) is 1. The second-order valence-corrected chi connectivity index (χ2v) is 5.26. The first-order valence-electron chi connectivity index (χ1n) is 6.35. The van der Waals surface area contributed by atoms with E-state index in [0.717, 1.165) is 0 Å². The van der Waals surface area contributed by atoms with Gasteiger partial charge in [0.25, 0.3) is 0 Å². The summed E-state index contributed by atoms with van der Waals surface area (Å²) in [7, 11) is 1.44. The molecule has 0 radical (unpaired) electrons. The Morgan fingerprint density at radius 3 is 2.59 bits per heavy atom. The Balaban J connectivity index is 2.44. The first-order chi connectivity index (χ1) is 10.6. The number of halogens is 1. The molecule has 1 N–H and O–H groups in total. The van der Waals surface area contributed by atoms with Crippen molar-refractivity contribution >= 4 is 27.8 Å². The number of benzene rings is 2. The fraction of sp³-hybridized carbons (Fsp3) is 0.0588. The lowest BCUT2D eigenvalue weighted by Gasteiger charge is -2.07. The average Bonchev–Trinajstić information content (AvgIpc) is 2.55. The zero-order valence-corrected chi connectivity index (χ0v) is 13.3. The van der Waals surface area contributed by atoms with E-state index in [-0.39, 0.29) is 17.1 Å². The molecule has 2 rings (SSSR count). The Kier molecular flexibility index (Phi) is 4.97. The van der Waals surface area contributed by atoms with Gasteiger partial charge in [-0.05, 0) is 23.8 Å². The van der Waals surface area contributed by atoms with E-state index in [0.29, 0.717) is 21.3 Å². The van der Waals surface area contributed by atoms with Crippen LogP contribution in [0.5, 0.6) is 11.5 Å². The van der Waals surface area contributed by atoms with Gasteiger partial charge in [-0.15, -0.1) is 0 Å². The quantitative estimate of drug-likeness (QED) is 0.510. The van der Waals surface area contributed by atoms with Crippen LogP contribution in [0, 0.1) is 11.3 Å². The van der Waals surface area contributed by atoms with Crippen LogP contribution in [-0.4, -0.2) is 18.0 Å². The van der Waals surface area contributed by atoms with Crippen LogP contribution in [0.3, 0.4) is 0 Å². The Morgan fingerprint density at radius 1 is 1.32 bits per heavy atom. The van der Waals surface area contributed by atoms with Gasteiger partial charge in [-0.2, -0.15) is 5.26 Å². The van der Waals surface area contributed by atoms with Crippen LogP contribution >= 0.6 is 15.9 Å². The number of ketones is 1. The first-order valence-corrected chi connectivity index (χ1v) is 7.14. The largest absolute Gasteiger partial charge is 0.504 e. The van der Waals surface area contributed by atoms with Crippen molar-refractivity contribution in [1.29, 1.82) is 5.26 Å². The maximum Gasteiger partial charge on any atom is 0.203 e. The summed E-state index contributed by atoms with van der Waals surface area (Å²) in [4.78, 5) is 12.3. The molecule has 0 aliphatic heterocycles. The smallest absolute Gasteiger partial charge is 0.203 e. The Labute approximate surface area is 136 Å². The highest BCUT2D eigenvalue weighted by molar-refractivity contribution is 9.10. The molecule has 0 aliphatic rings. The van der Waals surface area contributed by atoms with Gasteiger partial charge in [0.05, 0.1) is 7.11 Å². The molecular formula is C17H12BrNO3. The molecule has 110 valence electrons. The molecule has 0 bridgehead atoms. The van der Waals surface area contributed by atoms with E-state index in [1.807, 2.05) is 6.07 Å². The van der Waals surface area contributed by atoms with Crippen LogP contribution < -0.4 is 4.74 Å². The predicted octanol–water partition coefficient (Wildman–Crippen LogP) is 3.95. The summed E-state index contributed by atoms with van der Waals surface area (Å²) >= 11 is 3.33. The SMILES string of the molecule is COc1cc(Br)c(/C=C(/C#N)C(=O)c2ccccc2)cc1O. The number of hydrogen-bond acceptors (Lipinski definition) is 4. The third-order valence-corrected chi connectivity index (χ3v) is 3.69. The highest BCUT2D eigenvalue weighted by Crippen LogP contribution is 2.33. The summed E-state index contributed by atoms with van der Waals surface area (Å²) in [5.74, 6) is -0.136. The van der Waals surface area contributed by atoms with E-state index in [9.17, 15) is 15.2 Å². The minimum Gasteiger partial charge on any atom is -0.504 e. The van der Waals surface area contributed by atoms with Crippen molar-refractivity contribution in [3.05, 3.63) is 63.6 Å². The zero-order valence-electron chi connectivity index (χ0n) is 11.7. The van der Waals surface area contributed by atoms with Crippen molar-refractivity contribution in [3.8, 4) is 17.6 Å². The second-order valence-electron chi connectivity index (χ2n) is 4.41. The van der Waals surface area contributed by atoms with E-state index < -0.39 is 0 Å². The van der Waals surface area contributed by atoms with Crippen molar-refractivity contribution in [2.24, 2.45) is 0 Å². The molecule has 0 aliphatic carbocycles. The summed E-state index contributed by atoms with van der Waals surface area (Å²) < 4.78 is 5.60. The summed E-state index contributed by atoms with van der Waals surface area (Å²) in [6.45, 7) is 0. The van der Waals surface area contributed by atoms with Gasteiger partial charge in [-0.1, -0.05) is 46.3 Å². The average molecular weight is 358 g/mol. The molecule has 4 nitrogen and oxygen atoms in total. The standard InChI is InChI=1S/C17H12BrNO3/c1-22-16-9-14(18)12(8-15(16)20)7-13(10-19)17(21)11-5-3-2-4-6-11/h2-9,20H,1H3/b13-7-. The number of aromatic hydroxyl groups is 1. The monoisotopic (exact) mass is 357 g/mol. The van der Waals surface area contributed by atoms with Crippen molar-refractivity contribution in [2.45, 2.75) is 0 Å². The van der Waals surface area contributed by atoms with Crippen molar-refractivity contribution in [1.82, 2.24) is 0 Å². The van der Waals surface area contributed by atoms with Gasteiger partial charge >= 0.3 is 0 Å². The number of methoxy groups -OCH3 is 1. The van der Waals surface area contributed by atoms with Gasteiger partial charge in [-0.3, -0.25) is 4.79 Å². The highest BCUT2D eigenvalue weighted by atomic mass is 79.9. The van der Waals surface area contributed by atoms with Gasteiger partial charge in [0, 0.05) is 10.0 Å². The lowest BCUT2D eigenvalue weighted by atomic mass is 10.0. The summed E-state index contributed by atoms with van der Waals surface area (Å²) in [5, 5.41) is 19.1. The van der Waals surface area contributed by atoms with E-state index in [4.69, 9.17) is 4.74 Å². The Hall–Kier alpha value is -2.58. The van der Waals surface area contributed by atoms with E-state index >= 15 is 0 Å². The number of phenols is 1. The molecule has 0 spiro atoms. The van der Waals surface area contributed by atoms with Crippen molar-refractivity contribution in [2.75, 3.05) is 7.11 Å². The Morgan fingerprint density at radius 2 is 2.00 bits per heavy atom. The number of phenolic OH excluding ortho intramolecular Hbond substituents is 1. The predicted molar refractivity (Wildman–Crippen MR) is 86.7 cm³/mol. The number of carbonyl (C=O) groups is 1. The fourth-order valence-corrected chi connectivity index (χ4v) is 2.32. The number of nitriles is 1. The van der Waals surface area contributed by atoms with E-state index in [1.165, 1.54) is 19.3 Å². The number of hydrogen-bond donors (Lipinski definition) is 1. The van der Waals surface area contributed by atoms with E-state index in [1.54, 1.807) is 36.4 Å². The fourth-order valence-electron chi connectivity index (χ4n) is 1.88. The molecule has 2 aromatic carbocycles. The second kappa shape index (κ2) is 6.92. The van der Waals surface area contributed by atoms with Crippen molar-refractivity contribution < 1.29 is 14.6 Å². The minimum absolute atomic E-state index is 0.0172. The molecule has 2 aromatic rings. The van der Waals surface area contributed by atoms with Crippen LogP contribution in [0.25, 0.3) is 6.08 Å². The summed E-state index contributed by atoms with van der Waals surface area (Å²) in [5.41, 5.74) is 0.930. The number of ether oxygens (including phenoxy) is 1. The minimum atomic E-state index is -0.370. The third kappa shape index (κ3) is 3.35. The zero-order chi connectivity index (χ0) is 16.1. The molecule has 22 heavy (non-hydrogen) atoms. The number of carbonyl (C=O) groups excluding carboxylic acids is 1. The van der Waals surface area contributed by atoms with Gasteiger partial charge in [0.2, 0.25) is 5.78 Å². The molecule has 0 fully saturated rings. The first kappa shape index (κ1) is 15.8. The maximum absolute atomic E-state index is 12.3. The van der Waals surface area contributed by atoms with Gasteiger partial charge in [0.15, 0.2) is 11.5 Å². The number of allylic oxidation sites excluding steroid dienone is 1. The molecule has 0 aromatic heterocycles. The molecule has 0 saturated heterocycles. The van der Waals surface area contributed by atoms with Crippen LogP contribution in [0.1, 0.15) is 15.9 Å². The van der Waals surface area contributed by atoms with Crippen LogP contribution in [-0.2, 0) is 0 Å². The van der Waals surface area contributed by atoms with Crippen molar-refractivity contribution in [3.63, 3.8) is 0 Å². The number of rotatable bonds is 4. The van der Waals surface area contributed by atoms with E-state index in [2.05, 4.69) is 15.9 Å². The summed E-state index contributed by atoms with van der Waals surface area (Å²) in [6, 6.07) is 13.5. The topological polar surface area (TPSA) is 70.3 Å². The molecule has 0 saturated carbocycles. The summed E-state index contributed by atoms with van der Waals surface area (Å²) in [6.07, 6.45) is 1.43. The number of nitrogens with zero attached hydrogens (tertiary/aromatic N) is 1. The van der Waals surface area contributed by atoms with Gasteiger partial charge in [-0.25, -0.2) is 0 Å². The van der Waals surface area contributed by atoms with Crippen LogP contribution in [0.15, 0.2) is 52.5 Å². The molecule has 5 heteroatoms. The lowest BCUT2D eigenvalue weighted by Crippen LogP contribution is -2.01. The maximum atomic E-state index is 12.3. The Bertz CT molecular complexity index is 776. The molecular weight excluding hydrogens is 346 g/mol. The normalized spacial score (nSPS) is 10.9.